The van der Waals surface area contributed by atoms with E-state index in [2.05, 4.69) is 19.2 Å². The first-order valence-electron chi connectivity index (χ1n) is 29.9. The van der Waals surface area contributed by atoms with Gasteiger partial charge in [0.1, 0.15) is 13.2 Å². The number of hydrogen-bond acceptors (Lipinski definition) is 6. The Morgan fingerprint density at radius 2 is 0.731 bits per heavy atom. The zero-order valence-electron chi connectivity index (χ0n) is 45.9. The molecule has 9 heteroatoms. The Bertz CT molecular complexity index is 1060. The van der Waals surface area contributed by atoms with Gasteiger partial charge < -0.3 is 28.8 Å². The molecule has 0 rings (SSSR count). The van der Waals surface area contributed by atoms with E-state index in [1.54, 1.807) is 0 Å². The highest BCUT2D eigenvalue weighted by molar-refractivity contribution is 7.45. The quantitative estimate of drug-likeness (QED) is 0.0357. The molecule has 0 aromatic carbocycles. The summed E-state index contributed by atoms with van der Waals surface area (Å²) in [6.45, 7) is 4.69. The fraction of sp³-hybridized carbons (Fsp3) is 0.983. The van der Waals surface area contributed by atoms with Crippen LogP contribution in [0, 0.1) is 0 Å². The van der Waals surface area contributed by atoms with E-state index in [4.69, 9.17) is 9.05 Å². The van der Waals surface area contributed by atoms with Crippen molar-refractivity contribution < 1.29 is 32.9 Å². The van der Waals surface area contributed by atoms with Crippen LogP contribution in [0.25, 0.3) is 0 Å². The van der Waals surface area contributed by atoms with Crippen molar-refractivity contribution in [3.63, 3.8) is 0 Å². The molecule has 0 radical (unpaired) electrons. The van der Waals surface area contributed by atoms with Crippen molar-refractivity contribution in [3.8, 4) is 0 Å². The topological polar surface area (TPSA) is 108 Å². The predicted molar refractivity (Wildman–Crippen MR) is 289 cm³/mol. The molecule has 67 heavy (non-hydrogen) atoms. The number of hydrogen-bond donors (Lipinski definition) is 2. The summed E-state index contributed by atoms with van der Waals surface area (Å²) in [5, 5.41) is 13.8. The molecular formula is C58H119N2O6P. The normalized spacial score (nSPS) is 13.8. The van der Waals surface area contributed by atoms with Crippen LogP contribution in [-0.2, 0) is 18.4 Å². The van der Waals surface area contributed by atoms with E-state index < -0.39 is 20.0 Å². The number of nitrogens with zero attached hydrogens (tertiary/aromatic N) is 1. The number of likely N-dealkylation sites (N-methyl/N-ethyl adjacent to an activating group) is 1. The van der Waals surface area contributed by atoms with Gasteiger partial charge in [-0.15, -0.1) is 0 Å². The van der Waals surface area contributed by atoms with Gasteiger partial charge in [-0.25, -0.2) is 0 Å². The molecule has 0 bridgehead atoms. The molecule has 402 valence electrons. The summed E-state index contributed by atoms with van der Waals surface area (Å²) in [5.41, 5.74) is 0. The zero-order valence-corrected chi connectivity index (χ0v) is 46.8. The number of aliphatic hydroxyl groups excluding tert-OH is 1. The lowest BCUT2D eigenvalue weighted by molar-refractivity contribution is -0.870. The Hall–Kier alpha value is -0.500. The van der Waals surface area contributed by atoms with Gasteiger partial charge in [0.05, 0.1) is 39.9 Å². The van der Waals surface area contributed by atoms with Crippen LogP contribution in [-0.4, -0.2) is 68.5 Å². The number of unbranched alkanes of at least 4 members (excludes halogenated alkanes) is 43. The Kier molecular flexibility index (Phi) is 50.1. The highest BCUT2D eigenvalue weighted by Gasteiger charge is 2.24. The van der Waals surface area contributed by atoms with Crippen molar-refractivity contribution in [1.82, 2.24) is 5.32 Å². The number of rotatable bonds is 56. The molecule has 0 heterocycles. The van der Waals surface area contributed by atoms with Gasteiger partial charge in [0, 0.05) is 6.42 Å². The summed E-state index contributed by atoms with van der Waals surface area (Å²) < 4.78 is 23.2. The SMILES string of the molecule is CCCCCCCCCCCCCCCCCCCCCCCCCCCCCCCCCCCCCCCCCC(=O)NC(COP(=O)([O-])OCC[N+](C)(C)C)C(O)CCCCCCCC. The van der Waals surface area contributed by atoms with Gasteiger partial charge in [-0.1, -0.05) is 296 Å². The predicted octanol–water partition coefficient (Wildman–Crippen LogP) is 17.4. The molecule has 8 nitrogen and oxygen atoms in total. The van der Waals surface area contributed by atoms with Crippen LogP contribution in [0.1, 0.15) is 316 Å². The number of amides is 1. The summed E-state index contributed by atoms with van der Waals surface area (Å²) in [4.78, 5) is 25.3. The standard InChI is InChI=1S/C58H119N2O6P/c1-6-8-10-12-14-15-16-17-18-19-20-21-22-23-24-25-26-27-28-29-30-31-32-33-34-35-36-37-38-39-40-41-42-43-44-45-46-48-50-52-58(62)59-56(57(61)51-49-47-13-11-9-7-2)55-66-67(63,64)65-54-53-60(3,4)5/h56-57,61H,6-55H2,1-5H3,(H-,59,62,63,64). The number of phosphoric ester groups is 1. The molecule has 2 N–H and O–H groups in total. The van der Waals surface area contributed by atoms with Crippen LogP contribution in [0.15, 0.2) is 0 Å². The minimum Gasteiger partial charge on any atom is -0.756 e. The van der Waals surface area contributed by atoms with Crippen molar-refractivity contribution in [2.24, 2.45) is 0 Å². The summed E-state index contributed by atoms with van der Waals surface area (Å²) in [7, 11) is 1.32. The molecule has 0 saturated heterocycles. The van der Waals surface area contributed by atoms with Crippen LogP contribution in [0.4, 0.5) is 0 Å². The Morgan fingerprint density at radius 3 is 1.01 bits per heavy atom. The van der Waals surface area contributed by atoms with Gasteiger partial charge in [0.25, 0.3) is 7.82 Å². The van der Waals surface area contributed by atoms with Crippen LogP contribution in [0.2, 0.25) is 0 Å². The van der Waals surface area contributed by atoms with Gasteiger partial charge in [0.2, 0.25) is 5.91 Å². The largest absolute Gasteiger partial charge is 0.756 e. The van der Waals surface area contributed by atoms with Gasteiger partial charge >= 0.3 is 0 Å². The van der Waals surface area contributed by atoms with E-state index in [1.165, 1.54) is 250 Å². The lowest BCUT2D eigenvalue weighted by atomic mass is 10.0. The van der Waals surface area contributed by atoms with Gasteiger partial charge in [0.15, 0.2) is 0 Å². The van der Waals surface area contributed by atoms with E-state index in [9.17, 15) is 19.4 Å². The molecule has 0 aliphatic heterocycles. The monoisotopic (exact) mass is 971 g/mol. The number of quaternary nitrogens is 1. The van der Waals surface area contributed by atoms with Gasteiger partial charge in [-0.05, 0) is 12.8 Å². The maximum absolute atomic E-state index is 12.8. The maximum atomic E-state index is 12.8. The molecular weight excluding hydrogens is 852 g/mol. The summed E-state index contributed by atoms with van der Waals surface area (Å²) in [5.74, 6) is -0.163. The summed E-state index contributed by atoms with van der Waals surface area (Å²) >= 11 is 0. The van der Waals surface area contributed by atoms with Crippen molar-refractivity contribution in [3.05, 3.63) is 0 Å². The van der Waals surface area contributed by atoms with Gasteiger partial charge in [-0.3, -0.25) is 9.36 Å². The second-order valence-electron chi connectivity index (χ2n) is 22.1. The number of phosphoric acid groups is 1. The van der Waals surface area contributed by atoms with Crippen LogP contribution < -0.4 is 10.2 Å². The van der Waals surface area contributed by atoms with Gasteiger partial charge in [-0.2, -0.15) is 0 Å². The Balaban J connectivity index is 3.64. The molecule has 0 spiro atoms. The lowest BCUT2D eigenvalue weighted by Crippen LogP contribution is -2.46. The Morgan fingerprint density at radius 1 is 0.463 bits per heavy atom. The van der Waals surface area contributed by atoms with E-state index in [-0.39, 0.29) is 19.1 Å². The average Bonchev–Trinajstić information content (AvgIpc) is 3.29. The van der Waals surface area contributed by atoms with Crippen LogP contribution >= 0.6 is 7.82 Å². The smallest absolute Gasteiger partial charge is 0.268 e. The molecule has 3 atom stereocenters. The van der Waals surface area contributed by atoms with Crippen molar-refractivity contribution in [1.29, 1.82) is 0 Å². The second-order valence-corrected chi connectivity index (χ2v) is 23.5. The lowest BCUT2D eigenvalue weighted by Gasteiger charge is -2.30. The van der Waals surface area contributed by atoms with Crippen LogP contribution in [0.3, 0.4) is 0 Å². The average molecular weight is 972 g/mol. The Labute approximate surface area is 419 Å². The highest BCUT2D eigenvalue weighted by atomic mass is 31.2. The third-order valence-corrected chi connectivity index (χ3v) is 15.1. The van der Waals surface area contributed by atoms with E-state index in [0.717, 1.165) is 38.5 Å². The van der Waals surface area contributed by atoms with E-state index in [1.807, 2.05) is 21.1 Å². The number of carbonyl (C=O) groups is 1. The third-order valence-electron chi connectivity index (χ3n) is 14.1. The molecule has 0 saturated carbocycles. The molecule has 0 aliphatic carbocycles. The third kappa shape index (κ3) is 53.1. The first-order valence-corrected chi connectivity index (χ1v) is 31.3. The van der Waals surface area contributed by atoms with E-state index >= 15 is 0 Å². The zero-order chi connectivity index (χ0) is 49.2. The fourth-order valence-corrected chi connectivity index (χ4v) is 10.1. The maximum Gasteiger partial charge on any atom is 0.268 e. The second kappa shape index (κ2) is 50.4. The van der Waals surface area contributed by atoms with Crippen molar-refractivity contribution in [2.75, 3.05) is 40.9 Å². The van der Waals surface area contributed by atoms with Crippen molar-refractivity contribution in [2.45, 2.75) is 328 Å². The molecule has 0 fully saturated rings. The first-order chi connectivity index (χ1) is 32.5. The minimum atomic E-state index is -4.55. The molecule has 0 aliphatic rings. The molecule has 0 aromatic heterocycles. The first kappa shape index (κ1) is 66.5. The summed E-state index contributed by atoms with van der Waals surface area (Å²) in [6.07, 6.45) is 60.8. The molecule has 0 aromatic rings. The number of aliphatic hydroxyl groups is 1. The molecule has 1 amide bonds. The summed E-state index contributed by atoms with van der Waals surface area (Å²) in [6, 6.07) is -0.792. The minimum absolute atomic E-state index is 0.0153. The van der Waals surface area contributed by atoms with Crippen LogP contribution in [0.5, 0.6) is 0 Å². The van der Waals surface area contributed by atoms with Crippen molar-refractivity contribution >= 4 is 13.7 Å². The number of nitrogens with one attached hydrogen (secondary N) is 1. The van der Waals surface area contributed by atoms with E-state index in [0.29, 0.717) is 23.9 Å². The highest BCUT2D eigenvalue weighted by Crippen LogP contribution is 2.38. The number of carbonyl (C=O) groups excluding carboxylic acids is 1. The molecule has 3 unspecified atom stereocenters. The fourth-order valence-electron chi connectivity index (χ4n) is 9.40.